The fourth-order valence-electron chi connectivity index (χ4n) is 1.13. The molecule has 0 aliphatic heterocycles. The molecule has 0 saturated carbocycles. The molecule has 0 fully saturated rings. The maximum absolute atomic E-state index is 12.6. The Morgan fingerprint density at radius 1 is 1.43 bits per heavy atom. The van der Waals surface area contributed by atoms with Crippen molar-refractivity contribution in [1.82, 2.24) is 0 Å². The molecule has 1 rings (SSSR count). The summed E-state index contributed by atoms with van der Waals surface area (Å²) in [4.78, 5) is 0. The minimum atomic E-state index is -0.309. The zero-order chi connectivity index (χ0) is 10.6. The second-order valence-corrected chi connectivity index (χ2v) is 2.86. The number of benzene rings is 1. The van der Waals surface area contributed by atoms with Crippen LogP contribution in [0.2, 0.25) is 0 Å². The van der Waals surface area contributed by atoms with Crippen molar-refractivity contribution in [1.29, 1.82) is 5.26 Å². The Morgan fingerprint density at radius 3 is 2.43 bits per heavy atom. The fraction of sp³-hybridized carbons (Fsp3) is 0.182. The molecule has 0 atom stereocenters. The quantitative estimate of drug-likeness (QED) is 0.728. The summed E-state index contributed by atoms with van der Waals surface area (Å²) in [7, 11) is 0. The summed E-state index contributed by atoms with van der Waals surface area (Å²) in [6.07, 6.45) is 0.583. The maximum Gasteiger partial charge on any atom is 0.123 e. The van der Waals surface area contributed by atoms with E-state index in [2.05, 4.69) is 0 Å². The van der Waals surface area contributed by atoms with Gasteiger partial charge < -0.3 is 5.73 Å². The number of nitrogens with zero attached hydrogens (tertiary/aromatic N) is 1. The molecular formula is C11H11FN2. The molecule has 2 N–H and O–H groups in total. The van der Waals surface area contributed by atoms with Crippen LogP contribution in [0.15, 0.2) is 29.8 Å². The average Bonchev–Trinajstić information content (AvgIpc) is 2.20. The monoisotopic (exact) mass is 190 g/mol. The molecule has 3 heteroatoms. The minimum absolute atomic E-state index is 0.309. The lowest BCUT2D eigenvalue weighted by Crippen LogP contribution is -2.00. The van der Waals surface area contributed by atoms with Crippen LogP contribution in [-0.2, 0) is 0 Å². The topological polar surface area (TPSA) is 49.8 Å². The van der Waals surface area contributed by atoms with Crippen LogP contribution in [0.3, 0.4) is 0 Å². The van der Waals surface area contributed by atoms with Crippen molar-refractivity contribution in [2.75, 3.05) is 0 Å². The molecule has 0 bridgehead atoms. The molecule has 0 amide bonds. The largest absolute Gasteiger partial charge is 0.397 e. The molecule has 0 aliphatic carbocycles. The van der Waals surface area contributed by atoms with Gasteiger partial charge in [0.05, 0.1) is 17.3 Å². The van der Waals surface area contributed by atoms with Crippen LogP contribution >= 0.6 is 0 Å². The SMILES string of the molecule is CC/C(C#N)=C(/N)c1ccc(F)cc1. The molecule has 0 spiro atoms. The Kier molecular flexibility index (Phi) is 3.24. The molecule has 72 valence electrons. The third kappa shape index (κ3) is 2.11. The summed E-state index contributed by atoms with van der Waals surface area (Å²) in [6, 6.07) is 7.81. The second-order valence-electron chi connectivity index (χ2n) is 2.86. The molecular weight excluding hydrogens is 179 g/mol. The zero-order valence-electron chi connectivity index (χ0n) is 7.92. The van der Waals surface area contributed by atoms with Crippen LogP contribution in [0.1, 0.15) is 18.9 Å². The van der Waals surface area contributed by atoms with E-state index < -0.39 is 0 Å². The van der Waals surface area contributed by atoms with Crippen LogP contribution in [-0.4, -0.2) is 0 Å². The third-order valence-corrected chi connectivity index (χ3v) is 1.97. The fourth-order valence-corrected chi connectivity index (χ4v) is 1.13. The predicted octanol–water partition coefficient (Wildman–Crippen LogP) is 2.43. The van der Waals surface area contributed by atoms with Gasteiger partial charge in [-0.05, 0) is 36.2 Å². The van der Waals surface area contributed by atoms with E-state index in [1.165, 1.54) is 12.1 Å². The van der Waals surface area contributed by atoms with E-state index in [1.807, 2.05) is 13.0 Å². The Balaban J connectivity index is 3.12. The molecule has 0 saturated heterocycles. The third-order valence-electron chi connectivity index (χ3n) is 1.97. The van der Waals surface area contributed by atoms with Gasteiger partial charge in [-0.3, -0.25) is 0 Å². The summed E-state index contributed by atoms with van der Waals surface area (Å²) in [5.74, 6) is -0.309. The van der Waals surface area contributed by atoms with Crippen molar-refractivity contribution in [3.63, 3.8) is 0 Å². The van der Waals surface area contributed by atoms with E-state index in [0.29, 0.717) is 23.3 Å². The van der Waals surface area contributed by atoms with Gasteiger partial charge >= 0.3 is 0 Å². The van der Waals surface area contributed by atoms with Crippen molar-refractivity contribution in [3.8, 4) is 6.07 Å². The van der Waals surface area contributed by atoms with Gasteiger partial charge in [-0.2, -0.15) is 5.26 Å². The highest BCUT2D eigenvalue weighted by Gasteiger charge is 2.03. The molecule has 0 aromatic heterocycles. The van der Waals surface area contributed by atoms with E-state index in [9.17, 15) is 4.39 Å². The second kappa shape index (κ2) is 4.43. The molecule has 0 heterocycles. The summed E-state index contributed by atoms with van der Waals surface area (Å²) < 4.78 is 12.6. The number of nitriles is 1. The number of allylic oxidation sites excluding steroid dienone is 1. The summed E-state index contributed by atoms with van der Waals surface area (Å²) in [5, 5.41) is 8.75. The Labute approximate surface area is 82.5 Å². The van der Waals surface area contributed by atoms with Gasteiger partial charge in [0.2, 0.25) is 0 Å². The van der Waals surface area contributed by atoms with E-state index in [-0.39, 0.29) is 5.82 Å². The number of nitrogens with two attached hydrogens (primary N) is 1. The molecule has 1 aromatic carbocycles. The first-order valence-electron chi connectivity index (χ1n) is 4.33. The van der Waals surface area contributed by atoms with Crippen molar-refractivity contribution in [3.05, 3.63) is 41.2 Å². The van der Waals surface area contributed by atoms with Gasteiger partial charge in [-0.1, -0.05) is 6.92 Å². The minimum Gasteiger partial charge on any atom is -0.397 e. The van der Waals surface area contributed by atoms with E-state index in [0.717, 1.165) is 0 Å². The molecule has 14 heavy (non-hydrogen) atoms. The molecule has 2 nitrogen and oxygen atoms in total. The maximum atomic E-state index is 12.6. The Morgan fingerprint density at radius 2 is 2.00 bits per heavy atom. The normalized spacial score (nSPS) is 11.8. The lowest BCUT2D eigenvalue weighted by Gasteiger charge is -2.03. The smallest absolute Gasteiger partial charge is 0.123 e. The van der Waals surface area contributed by atoms with Crippen LogP contribution in [0.25, 0.3) is 5.70 Å². The summed E-state index contributed by atoms with van der Waals surface area (Å²) in [6.45, 7) is 1.86. The zero-order valence-corrected chi connectivity index (χ0v) is 7.92. The van der Waals surface area contributed by atoms with Crippen molar-refractivity contribution in [2.24, 2.45) is 5.73 Å². The lowest BCUT2D eigenvalue weighted by molar-refractivity contribution is 0.627. The molecule has 0 unspecified atom stereocenters. The highest BCUT2D eigenvalue weighted by Crippen LogP contribution is 2.15. The highest BCUT2D eigenvalue weighted by atomic mass is 19.1. The molecule has 0 radical (unpaired) electrons. The Hall–Kier alpha value is -1.82. The van der Waals surface area contributed by atoms with Gasteiger partial charge in [0.1, 0.15) is 5.82 Å². The summed E-state index contributed by atoms with van der Waals surface area (Å²) >= 11 is 0. The number of halogens is 1. The first kappa shape index (κ1) is 10.3. The van der Waals surface area contributed by atoms with Gasteiger partial charge in [0.15, 0.2) is 0 Å². The van der Waals surface area contributed by atoms with Gasteiger partial charge in [0.25, 0.3) is 0 Å². The van der Waals surface area contributed by atoms with Crippen LogP contribution < -0.4 is 5.73 Å². The molecule has 1 aromatic rings. The average molecular weight is 190 g/mol. The van der Waals surface area contributed by atoms with Crippen molar-refractivity contribution >= 4 is 5.70 Å². The number of hydrogen-bond acceptors (Lipinski definition) is 2. The van der Waals surface area contributed by atoms with E-state index >= 15 is 0 Å². The van der Waals surface area contributed by atoms with E-state index in [1.54, 1.807) is 12.1 Å². The first-order valence-corrected chi connectivity index (χ1v) is 4.33. The number of rotatable bonds is 2. The summed E-state index contributed by atoms with van der Waals surface area (Å²) in [5.41, 5.74) is 7.38. The van der Waals surface area contributed by atoms with Gasteiger partial charge in [-0.15, -0.1) is 0 Å². The highest BCUT2D eigenvalue weighted by molar-refractivity contribution is 5.68. The predicted molar refractivity (Wildman–Crippen MR) is 53.4 cm³/mol. The van der Waals surface area contributed by atoms with Crippen LogP contribution in [0.5, 0.6) is 0 Å². The number of hydrogen-bond donors (Lipinski definition) is 1. The standard InChI is InChI=1S/C11H11FN2/c1-2-8(7-13)11(14)9-3-5-10(12)6-4-9/h3-6H,2,14H2,1H3/b11-8-. The van der Waals surface area contributed by atoms with Crippen LogP contribution in [0.4, 0.5) is 4.39 Å². The molecule has 0 aliphatic rings. The van der Waals surface area contributed by atoms with Crippen molar-refractivity contribution < 1.29 is 4.39 Å². The first-order chi connectivity index (χ1) is 6.69. The van der Waals surface area contributed by atoms with Gasteiger partial charge in [-0.25, -0.2) is 4.39 Å². The van der Waals surface area contributed by atoms with Gasteiger partial charge in [0, 0.05) is 0 Å². The Bertz CT molecular complexity index is 385. The van der Waals surface area contributed by atoms with E-state index in [4.69, 9.17) is 11.0 Å². The lowest BCUT2D eigenvalue weighted by atomic mass is 10.1. The van der Waals surface area contributed by atoms with Crippen LogP contribution in [0, 0.1) is 17.1 Å². The van der Waals surface area contributed by atoms with Crippen molar-refractivity contribution in [2.45, 2.75) is 13.3 Å².